The molecule has 0 saturated heterocycles. The minimum Gasteiger partial charge on any atom is -0.298 e. The van der Waals surface area contributed by atoms with Gasteiger partial charge < -0.3 is 0 Å². The summed E-state index contributed by atoms with van der Waals surface area (Å²) >= 11 is 2.80. The zero-order valence-electron chi connectivity index (χ0n) is 9.49. The van der Waals surface area contributed by atoms with Crippen molar-refractivity contribution in [2.24, 2.45) is 0 Å². The Bertz CT molecular complexity index is 671. The number of hydrogen-bond donors (Lipinski definition) is 0. The minimum absolute atomic E-state index is 0.154. The number of thiophene rings is 1. The summed E-state index contributed by atoms with van der Waals surface area (Å²) in [5.74, 6) is 0. The number of hydrogen-bond acceptors (Lipinski definition) is 5. The third-order valence-corrected chi connectivity index (χ3v) is 6.51. The lowest BCUT2D eigenvalue weighted by Gasteiger charge is -2.05. The van der Waals surface area contributed by atoms with Crippen LogP contribution in [-0.2, 0) is 9.84 Å². The molecule has 1 aromatic heterocycles. The van der Waals surface area contributed by atoms with E-state index in [9.17, 15) is 13.2 Å². The molecule has 2 rings (SSSR count). The molecule has 0 aliphatic carbocycles. The largest absolute Gasteiger partial charge is 0.298 e. The highest BCUT2D eigenvalue weighted by atomic mass is 32.2. The van der Waals surface area contributed by atoms with E-state index in [0.717, 1.165) is 4.21 Å². The summed E-state index contributed by atoms with van der Waals surface area (Å²) in [5.41, 5.74) is 0.358. The predicted octanol–water partition coefficient (Wildman–Crippen LogP) is 3.12. The Hall–Kier alpha value is -1.11. The monoisotopic (exact) mass is 298 g/mol. The van der Waals surface area contributed by atoms with Crippen LogP contribution in [0.2, 0.25) is 0 Å². The second-order valence-electron chi connectivity index (χ2n) is 3.47. The van der Waals surface area contributed by atoms with Crippen molar-refractivity contribution in [2.75, 3.05) is 6.26 Å². The van der Waals surface area contributed by atoms with E-state index in [1.165, 1.54) is 35.2 Å². The SMILES string of the molecule is CSc1sccc1S(=O)(=O)c1cccc(C=O)c1. The Kier molecular flexibility index (Phi) is 3.89. The zero-order valence-corrected chi connectivity index (χ0v) is 11.9. The molecule has 94 valence electrons. The highest BCUT2D eigenvalue weighted by Crippen LogP contribution is 2.34. The van der Waals surface area contributed by atoms with Gasteiger partial charge in [-0.1, -0.05) is 12.1 Å². The Morgan fingerprint density at radius 1 is 1.28 bits per heavy atom. The first-order valence-corrected chi connectivity index (χ1v) is 8.60. The average molecular weight is 298 g/mol. The molecule has 0 spiro atoms. The summed E-state index contributed by atoms with van der Waals surface area (Å²) in [6.45, 7) is 0. The van der Waals surface area contributed by atoms with E-state index in [1.54, 1.807) is 23.6 Å². The quantitative estimate of drug-likeness (QED) is 0.643. The maximum atomic E-state index is 12.4. The lowest BCUT2D eigenvalue weighted by molar-refractivity contribution is 0.112. The summed E-state index contributed by atoms with van der Waals surface area (Å²) in [7, 11) is -3.54. The van der Waals surface area contributed by atoms with Crippen molar-refractivity contribution < 1.29 is 13.2 Å². The van der Waals surface area contributed by atoms with Crippen LogP contribution in [0.1, 0.15) is 10.4 Å². The van der Waals surface area contributed by atoms with E-state index >= 15 is 0 Å². The van der Waals surface area contributed by atoms with Crippen LogP contribution in [0.4, 0.5) is 0 Å². The van der Waals surface area contributed by atoms with Crippen LogP contribution in [0.25, 0.3) is 0 Å². The Balaban J connectivity index is 2.58. The van der Waals surface area contributed by atoms with Crippen molar-refractivity contribution in [1.82, 2.24) is 0 Å². The highest BCUT2D eigenvalue weighted by molar-refractivity contribution is 8.01. The van der Waals surface area contributed by atoms with Gasteiger partial charge in [-0.05, 0) is 29.8 Å². The lowest BCUT2D eigenvalue weighted by Crippen LogP contribution is -2.02. The van der Waals surface area contributed by atoms with Gasteiger partial charge in [0, 0.05) is 5.56 Å². The molecular formula is C12H10O3S3. The summed E-state index contributed by atoms with van der Waals surface area (Å²) < 4.78 is 25.6. The molecular weight excluding hydrogens is 288 g/mol. The fourth-order valence-corrected chi connectivity index (χ4v) is 5.25. The van der Waals surface area contributed by atoms with Crippen molar-refractivity contribution in [1.29, 1.82) is 0 Å². The molecule has 1 aromatic carbocycles. The molecule has 0 bridgehead atoms. The molecule has 6 heteroatoms. The van der Waals surface area contributed by atoms with Gasteiger partial charge in [0.15, 0.2) is 0 Å². The average Bonchev–Trinajstić information content (AvgIpc) is 2.88. The van der Waals surface area contributed by atoms with Gasteiger partial charge in [-0.15, -0.1) is 23.1 Å². The number of thioether (sulfide) groups is 1. The van der Waals surface area contributed by atoms with Crippen LogP contribution >= 0.6 is 23.1 Å². The first kappa shape index (κ1) is 13.3. The molecule has 1 heterocycles. The van der Waals surface area contributed by atoms with E-state index in [2.05, 4.69) is 0 Å². The maximum absolute atomic E-state index is 12.4. The second-order valence-corrected chi connectivity index (χ2v) is 7.38. The van der Waals surface area contributed by atoms with E-state index < -0.39 is 9.84 Å². The fraction of sp³-hybridized carbons (Fsp3) is 0.0833. The van der Waals surface area contributed by atoms with Gasteiger partial charge in [0.05, 0.1) is 14.0 Å². The molecule has 0 radical (unpaired) electrons. The molecule has 0 fully saturated rings. The summed E-state index contributed by atoms with van der Waals surface area (Å²) in [4.78, 5) is 11.2. The molecule has 3 nitrogen and oxygen atoms in total. The van der Waals surface area contributed by atoms with Crippen molar-refractivity contribution in [2.45, 2.75) is 14.0 Å². The molecule has 2 aromatic rings. The van der Waals surface area contributed by atoms with Crippen LogP contribution in [-0.4, -0.2) is 21.0 Å². The third kappa shape index (κ3) is 2.36. The third-order valence-electron chi connectivity index (χ3n) is 2.38. The van der Waals surface area contributed by atoms with Gasteiger partial charge in [0.2, 0.25) is 9.84 Å². The van der Waals surface area contributed by atoms with E-state index in [-0.39, 0.29) is 4.90 Å². The van der Waals surface area contributed by atoms with Gasteiger partial charge in [0.25, 0.3) is 0 Å². The topological polar surface area (TPSA) is 51.2 Å². The van der Waals surface area contributed by atoms with Gasteiger partial charge >= 0.3 is 0 Å². The van der Waals surface area contributed by atoms with E-state index in [1.807, 2.05) is 6.26 Å². The van der Waals surface area contributed by atoms with Gasteiger partial charge in [-0.2, -0.15) is 0 Å². The van der Waals surface area contributed by atoms with Crippen molar-refractivity contribution in [3.05, 3.63) is 41.3 Å². The molecule has 0 atom stereocenters. The van der Waals surface area contributed by atoms with Crippen LogP contribution < -0.4 is 0 Å². The Morgan fingerprint density at radius 3 is 2.72 bits per heavy atom. The fourth-order valence-electron chi connectivity index (χ4n) is 1.51. The molecule has 0 aliphatic rings. The van der Waals surface area contributed by atoms with E-state index in [4.69, 9.17) is 0 Å². The van der Waals surface area contributed by atoms with Gasteiger partial charge in [-0.25, -0.2) is 8.42 Å². The minimum atomic E-state index is -3.54. The first-order valence-electron chi connectivity index (χ1n) is 5.01. The maximum Gasteiger partial charge on any atom is 0.208 e. The highest BCUT2D eigenvalue weighted by Gasteiger charge is 2.22. The zero-order chi connectivity index (χ0) is 13.2. The Labute approximate surface area is 114 Å². The van der Waals surface area contributed by atoms with Crippen LogP contribution in [0.3, 0.4) is 0 Å². The normalized spacial score (nSPS) is 11.4. The lowest BCUT2D eigenvalue weighted by atomic mass is 10.2. The molecule has 18 heavy (non-hydrogen) atoms. The summed E-state index contributed by atoms with van der Waals surface area (Å²) in [6, 6.07) is 7.64. The standard InChI is InChI=1S/C12H10O3S3/c1-16-12-11(5-6-17-12)18(14,15)10-4-2-3-9(7-10)8-13/h2-8H,1H3. The molecule has 0 unspecified atom stereocenters. The molecule has 0 N–H and O–H groups in total. The van der Waals surface area contributed by atoms with Gasteiger partial charge in [0.1, 0.15) is 6.29 Å². The second kappa shape index (κ2) is 5.26. The van der Waals surface area contributed by atoms with Crippen molar-refractivity contribution in [3.63, 3.8) is 0 Å². The number of benzene rings is 1. The van der Waals surface area contributed by atoms with Gasteiger partial charge in [-0.3, -0.25) is 4.79 Å². The van der Waals surface area contributed by atoms with E-state index in [0.29, 0.717) is 16.7 Å². The smallest absolute Gasteiger partial charge is 0.208 e. The number of carbonyl (C=O) groups excluding carboxylic acids is 1. The number of rotatable bonds is 4. The number of carbonyl (C=O) groups is 1. The Morgan fingerprint density at radius 2 is 2.06 bits per heavy atom. The van der Waals surface area contributed by atoms with Crippen molar-refractivity contribution in [3.8, 4) is 0 Å². The summed E-state index contributed by atoms with van der Waals surface area (Å²) in [6.07, 6.45) is 2.48. The van der Waals surface area contributed by atoms with Crippen molar-refractivity contribution >= 4 is 39.2 Å². The molecule has 0 aliphatic heterocycles. The molecule has 0 amide bonds. The predicted molar refractivity (Wildman–Crippen MR) is 73.4 cm³/mol. The number of sulfone groups is 1. The van der Waals surface area contributed by atoms with Crippen LogP contribution in [0.15, 0.2) is 49.7 Å². The first-order chi connectivity index (χ1) is 8.59. The number of aldehydes is 1. The molecule has 0 saturated carbocycles. The van der Waals surface area contributed by atoms with Crippen LogP contribution in [0, 0.1) is 0 Å². The van der Waals surface area contributed by atoms with Crippen LogP contribution in [0.5, 0.6) is 0 Å². The summed E-state index contributed by atoms with van der Waals surface area (Å²) in [5, 5.41) is 1.75.